The van der Waals surface area contributed by atoms with Gasteiger partial charge in [-0.15, -0.1) is 10.2 Å². The number of carbonyl (C=O) groups excluding carboxylic acids is 1. The third-order valence-corrected chi connectivity index (χ3v) is 9.16. The second kappa shape index (κ2) is 10.3. The van der Waals surface area contributed by atoms with Gasteiger partial charge in [-0.1, -0.05) is 43.2 Å². The quantitative estimate of drug-likeness (QED) is 0.472. The Bertz CT molecular complexity index is 1010. The highest BCUT2D eigenvalue weighted by Gasteiger charge is 2.43. The summed E-state index contributed by atoms with van der Waals surface area (Å²) in [6.07, 6.45) is 9.71. The van der Waals surface area contributed by atoms with Crippen molar-refractivity contribution >= 4 is 17.7 Å². The molecule has 5 unspecified atom stereocenters. The van der Waals surface area contributed by atoms with Crippen LogP contribution in [0.3, 0.4) is 0 Å². The molecule has 184 valence electrons. The zero-order chi connectivity index (χ0) is 23.7. The Kier molecular flexibility index (Phi) is 7.14. The van der Waals surface area contributed by atoms with Crippen molar-refractivity contribution in [2.75, 3.05) is 0 Å². The molecule has 3 aliphatic carbocycles. The van der Waals surface area contributed by atoms with Crippen molar-refractivity contribution in [3.05, 3.63) is 35.9 Å². The highest BCUT2D eigenvalue weighted by molar-refractivity contribution is 8.00. The number of hydrogen-bond donors (Lipinski definition) is 1. The minimum Gasteiger partial charge on any atom is -0.483 e. The molecule has 1 N–H and O–H groups in total. The molecule has 3 aliphatic rings. The van der Waals surface area contributed by atoms with Gasteiger partial charge in [0.15, 0.2) is 22.5 Å². The average Bonchev–Trinajstić information content (AvgIpc) is 3.63. The van der Waals surface area contributed by atoms with Crippen molar-refractivity contribution in [3.63, 3.8) is 0 Å². The molecule has 8 heteroatoms. The number of carbonyl (C=O) groups is 1. The molecule has 5 rings (SSSR count). The van der Waals surface area contributed by atoms with E-state index in [0.717, 1.165) is 29.8 Å². The van der Waals surface area contributed by atoms with Crippen LogP contribution in [0.1, 0.15) is 77.1 Å². The highest BCUT2D eigenvalue weighted by atomic mass is 32.2. The van der Waals surface area contributed by atoms with E-state index in [1.807, 2.05) is 6.92 Å². The van der Waals surface area contributed by atoms with Gasteiger partial charge in [0, 0.05) is 12.1 Å². The van der Waals surface area contributed by atoms with Crippen molar-refractivity contribution < 1.29 is 13.9 Å². The average molecular weight is 487 g/mol. The van der Waals surface area contributed by atoms with Gasteiger partial charge in [0.1, 0.15) is 6.61 Å². The summed E-state index contributed by atoms with van der Waals surface area (Å²) in [6, 6.07) is 6.93. The topological polar surface area (TPSA) is 69.0 Å². The fraction of sp³-hybridized carbons (Fsp3) is 0.654. The van der Waals surface area contributed by atoms with Crippen LogP contribution >= 0.6 is 11.8 Å². The summed E-state index contributed by atoms with van der Waals surface area (Å²) < 4.78 is 22.1. The van der Waals surface area contributed by atoms with Crippen molar-refractivity contribution in [2.24, 2.45) is 17.8 Å². The summed E-state index contributed by atoms with van der Waals surface area (Å²) in [5.41, 5.74) is 0. The molecule has 2 aromatic rings. The summed E-state index contributed by atoms with van der Waals surface area (Å²) in [4.78, 5) is 12.8. The first-order chi connectivity index (χ1) is 16.5. The fourth-order valence-corrected chi connectivity index (χ4v) is 7.24. The van der Waals surface area contributed by atoms with Gasteiger partial charge < -0.3 is 10.1 Å². The van der Waals surface area contributed by atoms with Gasteiger partial charge >= 0.3 is 0 Å². The van der Waals surface area contributed by atoms with Crippen LogP contribution in [-0.4, -0.2) is 32.0 Å². The van der Waals surface area contributed by atoms with Crippen molar-refractivity contribution in [2.45, 2.75) is 94.3 Å². The number of nitrogens with zero attached hydrogens (tertiary/aromatic N) is 3. The van der Waals surface area contributed by atoms with E-state index in [1.165, 1.54) is 56.4 Å². The van der Waals surface area contributed by atoms with Crippen LogP contribution < -0.4 is 10.1 Å². The Morgan fingerprint density at radius 2 is 1.97 bits per heavy atom. The number of rotatable bonds is 9. The Morgan fingerprint density at radius 1 is 1.18 bits per heavy atom. The number of amides is 1. The van der Waals surface area contributed by atoms with Gasteiger partial charge in [-0.25, -0.2) is 4.39 Å². The summed E-state index contributed by atoms with van der Waals surface area (Å²) in [5.74, 6) is 2.71. The Hall–Kier alpha value is -2.09. The van der Waals surface area contributed by atoms with Crippen molar-refractivity contribution in [1.29, 1.82) is 0 Å². The molecule has 3 saturated carbocycles. The van der Waals surface area contributed by atoms with E-state index < -0.39 is 0 Å². The van der Waals surface area contributed by atoms with Gasteiger partial charge in [0.25, 0.3) is 0 Å². The third-order valence-electron chi connectivity index (χ3n) is 8.10. The van der Waals surface area contributed by atoms with Crippen LogP contribution in [0.2, 0.25) is 0 Å². The fourth-order valence-electron chi connectivity index (χ4n) is 6.28. The van der Waals surface area contributed by atoms with E-state index in [9.17, 15) is 9.18 Å². The number of halogens is 1. The summed E-state index contributed by atoms with van der Waals surface area (Å²) in [6.45, 7) is 4.32. The van der Waals surface area contributed by atoms with Crippen molar-refractivity contribution in [3.8, 4) is 5.75 Å². The lowest BCUT2D eigenvalue weighted by molar-refractivity contribution is -0.120. The summed E-state index contributed by atoms with van der Waals surface area (Å²) in [7, 11) is 0. The summed E-state index contributed by atoms with van der Waals surface area (Å²) >= 11 is 1.46. The van der Waals surface area contributed by atoms with Gasteiger partial charge in [0.05, 0.1) is 5.25 Å². The molecule has 0 spiro atoms. The molecule has 34 heavy (non-hydrogen) atoms. The molecular weight excluding hydrogens is 451 g/mol. The molecule has 5 atom stereocenters. The molecule has 3 fully saturated rings. The van der Waals surface area contributed by atoms with Crippen LogP contribution in [0.5, 0.6) is 5.75 Å². The van der Waals surface area contributed by atoms with E-state index in [-0.39, 0.29) is 35.4 Å². The number of ether oxygens (including phenoxy) is 1. The minimum absolute atomic E-state index is 0.0585. The van der Waals surface area contributed by atoms with Crippen LogP contribution in [0.15, 0.2) is 29.4 Å². The zero-order valence-electron chi connectivity index (χ0n) is 20.1. The molecule has 1 aromatic carbocycles. The van der Waals surface area contributed by atoms with E-state index in [4.69, 9.17) is 4.74 Å². The lowest BCUT2D eigenvalue weighted by Gasteiger charge is -2.30. The normalized spacial score (nSPS) is 26.0. The number of nitrogens with one attached hydrogen (secondary N) is 1. The monoisotopic (exact) mass is 486 g/mol. The largest absolute Gasteiger partial charge is 0.483 e. The Labute approximate surface area is 205 Å². The van der Waals surface area contributed by atoms with E-state index in [1.54, 1.807) is 18.2 Å². The first-order valence-corrected chi connectivity index (χ1v) is 13.7. The van der Waals surface area contributed by atoms with E-state index in [2.05, 4.69) is 27.0 Å². The number of benzene rings is 1. The van der Waals surface area contributed by atoms with E-state index >= 15 is 0 Å². The van der Waals surface area contributed by atoms with Gasteiger partial charge in [-0.3, -0.25) is 9.36 Å². The molecule has 1 amide bonds. The maximum Gasteiger partial charge on any atom is 0.233 e. The molecule has 1 aromatic heterocycles. The highest BCUT2D eigenvalue weighted by Crippen LogP contribution is 2.52. The SMILES string of the molecule is CC(Sc1nnc(COc2ccccc2F)n1C(C)C1CC2CCC1C2)C(=O)NC1CCCC1. The lowest BCUT2D eigenvalue weighted by Crippen LogP contribution is -2.37. The summed E-state index contributed by atoms with van der Waals surface area (Å²) in [5, 5.41) is 12.6. The minimum atomic E-state index is -0.387. The number of aromatic nitrogens is 3. The second-order valence-electron chi connectivity index (χ2n) is 10.3. The molecular formula is C26H35FN4O2S. The smallest absolute Gasteiger partial charge is 0.233 e. The van der Waals surface area contributed by atoms with Crippen LogP contribution in [0.25, 0.3) is 0 Å². The standard InChI is InChI=1S/C26H35FN4O2S/c1-16(21-14-18-11-12-19(21)13-18)31-24(15-33-23-10-6-5-9-22(23)27)29-30-26(31)34-17(2)25(32)28-20-7-3-4-8-20/h5-6,9-10,16-21H,3-4,7-8,11-15H2,1-2H3,(H,28,32). The van der Waals surface area contributed by atoms with Crippen molar-refractivity contribution in [1.82, 2.24) is 20.1 Å². The molecule has 1 heterocycles. The van der Waals surface area contributed by atoms with E-state index in [0.29, 0.717) is 17.8 Å². The molecule has 0 aliphatic heterocycles. The number of thioether (sulfide) groups is 1. The maximum absolute atomic E-state index is 14.1. The first-order valence-electron chi connectivity index (χ1n) is 12.8. The maximum atomic E-state index is 14.1. The van der Waals surface area contributed by atoms with Gasteiger partial charge in [-0.05, 0) is 75.8 Å². The first kappa shape index (κ1) is 23.6. The molecule has 0 saturated heterocycles. The number of para-hydroxylation sites is 1. The van der Waals surface area contributed by atoms with Crippen LogP contribution in [0, 0.1) is 23.6 Å². The second-order valence-corrected chi connectivity index (χ2v) is 11.6. The number of hydrogen-bond acceptors (Lipinski definition) is 5. The van der Waals surface area contributed by atoms with Crippen LogP contribution in [0.4, 0.5) is 4.39 Å². The Morgan fingerprint density at radius 3 is 2.68 bits per heavy atom. The van der Waals surface area contributed by atoms with Crippen LogP contribution in [-0.2, 0) is 11.4 Å². The molecule has 0 radical (unpaired) electrons. The Balaban J connectivity index is 1.34. The number of fused-ring (bicyclic) bond motifs is 2. The molecule has 2 bridgehead atoms. The predicted octanol–water partition coefficient (Wildman–Crippen LogP) is 5.53. The van der Waals surface area contributed by atoms with Gasteiger partial charge in [-0.2, -0.15) is 0 Å². The van der Waals surface area contributed by atoms with Gasteiger partial charge in [0.2, 0.25) is 5.91 Å². The zero-order valence-corrected chi connectivity index (χ0v) is 20.9. The molecule has 6 nitrogen and oxygen atoms in total. The predicted molar refractivity (Wildman–Crippen MR) is 130 cm³/mol. The lowest BCUT2D eigenvalue weighted by atomic mass is 9.84. The third kappa shape index (κ3) is 4.97.